The predicted molar refractivity (Wildman–Crippen MR) is 84.4 cm³/mol. The van der Waals surface area contributed by atoms with Crippen LogP contribution in [-0.2, 0) is 7.05 Å². The number of hydrogen-bond donors (Lipinski definition) is 3. The topological polar surface area (TPSA) is 74.7 Å². The Hall–Kier alpha value is -1.56. The van der Waals surface area contributed by atoms with Gasteiger partial charge in [0.25, 0.3) is 0 Å². The first kappa shape index (κ1) is 15.8. The SMILES string of the molecule is Cn1cccc1C1=CC(C)(N)CC=C1N(CCO)CCO. The normalized spacial score (nSPS) is 22.0. The number of aliphatic hydroxyl groups excluding tert-OH is 2. The van der Waals surface area contributed by atoms with Crippen LogP contribution in [0.25, 0.3) is 5.57 Å². The Balaban J connectivity index is 2.41. The van der Waals surface area contributed by atoms with Gasteiger partial charge in [-0.25, -0.2) is 0 Å². The zero-order valence-electron chi connectivity index (χ0n) is 12.8. The highest BCUT2D eigenvalue weighted by Gasteiger charge is 2.26. The van der Waals surface area contributed by atoms with Gasteiger partial charge >= 0.3 is 0 Å². The highest BCUT2D eigenvalue weighted by molar-refractivity contribution is 5.79. The maximum atomic E-state index is 9.27. The van der Waals surface area contributed by atoms with E-state index in [9.17, 15) is 10.2 Å². The molecule has 1 aromatic heterocycles. The van der Waals surface area contributed by atoms with Crippen molar-refractivity contribution in [3.05, 3.63) is 41.9 Å². The number of aryl methyl sites for hydroxylation is 1. The molecular formula is C16H25N3O2. The van der Waals surface area contributed by atoms with E-state index in [-0.39, 0.29) is 18.8 Å². The van der Waals surface area contributed by atoms with Crippen molar-refractivity contribution in [2.45, 2.75) is 18.9 Å². The van der Waals surface area contributed by atoms with E-state index in [1.54, 1.807) is 0 Å². The van der Waals surface area contributed by atoms with Crippen LogP contribution in [0.4, 0.5) is 0 Å². The van der Waals surface area contributed by atoms with Gasteiger partial charge in [-0.05, 0) is 25.5 Å². The van der Waals surface area contributed by atoms with Crippen molar-refractivity contribution in [3.63, 3.8) is 0 Å². The van der Waals surface area contributed by atoms with Crippen LogP contribution in [0.3, 0.4) is 0 Å². The summed E-state index contributed by atoms with van der Waals surface area (Å²) in [6.07, 6.45) is 6.93. The maximum absolute atomic E-state index is 9.27. The molecular weight excluding hydrogens is 266 g/mol. The van der Waals surface area contributed by atoms with Crippen LogP contribution in [-0.4, -0.2) is 51.5 Å². The van der Waals surface area contributed by atoms with E-state index in [0.29, 0.717) is 13.1 Å². The summed E-state index contributed by atoms with van der Waals surface area (Å²) in [6.45, 7) is 3.10. The molecule has 0 aromatic carbocycles. The van der Waals surface area contributed by atoms with Crippen molar-refractivity contribution >= 4 is 5.57 Å². The minimum atomic E-state index is -0.382. The molecule has 1 atom stereocenters. The van der Waals surface area contributed by atoms with Gasteiger partial charge in [0, 0.05) is 48.8 Å². The summed E-state index contributed by atoms with van der Waals surface area (Å²) in [7, 11) is 2.00. The van der Waals surface area contributed by atoms with Crippen LogP contribution in [0.2, 0.25) is 0 Å². The summed E-state index contributed by atoms with van der Waals surface area (Å²) in [6, 6.07) is 4.05. The average Bonchev–Trinajstić information content (AvgIpc) is 2.84. The van der Waals surface area contributed by atoms with E-state index in [1.165, 1.54) is 0 Å². The lowest BCUT2D eigenvalue weighted by Gasteiger charge is -2.34. The number of rotatable bonds is 6. The number of hydrogen-bond acceptors (Lipinski definition) is 4. The molecule has 1 aliphatic rings. The second-order valence-corrected chi connectivity index (χ2v) is 5.80. The van der Waals surface area contributed by atoms with E-state index in [0.717, 1.165) is 23.4 Å². The molecule has 5 nitrogen and oxygen atoms in total. The zero-order valence-corrected chi connectivity index (χ0v) is 12.8. The van der Waals surface area contributed by atoms with Crippen molar-refractivity contribution in [1.29, 1.82) is 0 Å². The zero-order chi connectivity index (χ0) is 15.5. The van der Waals surface area contributed by atoms with Gasteiger partial charge in [0.2, 0.25) is 0 Å². The first-order valence-electron chi connectivity index (χ1n) is 7.29. The van der Waals surface area contributed by atoms with Gasteiger partial charge in [-0.3, -0.25) is 0 Å². The van der Waals surface area contributed by atoms with Gasteiger partial charge < -0.3 is 25.4 Å². The van der Waals surface area contributed by atoms with Crippen LogP contribution in [0.15, 0.2) is 36.2 Å². The molecule has 21 heavy (non-hydrogen) atoms. The first-order valence-corrected chi connectivity index (χ1v) is 7.29. The van der Waals surface area contributed by atoms with Crippen LogP contribution in [0.1, 0.15) is 19.0 Å². The summed E-state index contributed by atoms with van der Waals surface area (Å²) in [4.78, 5) is 2.01. The van der Waals surface area contributed by atoms with Gasteiger partial charge in [0.15, 0.2) is 0 Å². The molecule has 0 spiro atoms. The highest BCUT2D eigenvalue weighted by atomic mass is 16.3. The fourth-order valence-electron chi connectivity index (χ4n) is 2.73. The van der Waals surface area contributed by atoms with Crippen molar-refractivity contribution in [3.8, 4) is 0 Å². The van der Waals surface area contributed by atoms with Crippen molar-refractivity contribution in [2.24, 2.45) is 12.8 Å². The Morgan fingerprint density at radius 3 is 2.52 bits per heavy atom. The molecule has 0 fully saturated rings. The Morgan fingerprint density at radius 2 is 2.00 bits per heavy atom. The Bertz CT molecular complexity index is 537. The number of allylic oxidation sites excluding steroid dienone is 1. The molecule has 0 saturated heterocycles. The molecule has 0 saturated carbocycles. The van der Waals surface area contributed by atoms with Gasteiger partial charge in [0.1, 0.15) is 0 Å². The molecule has 0 radical (unpaired) electrons. The molecule has 4 N–H and O–H groups in total. The number of nitrogens with two attached hydrogens (primary N) is 1. The Morgan fingerprint density at radius 1 is 1.33 bits per heavy atom. The molecule has 0 bridgehead atoms. The summed E-state index contributed by atoms with van der Waals surface area (Å²) < 4.78 is 2.05. The molecule has 1 unspecified atom stereocenters. The average molecular weight is 291 g/mol. The minimum absolute atomic E-state index is 0.0532. The summed E-state index contributed by atoms with van der Waals surface area (Å²) >= 11 is 0. The molecule has 116 valence electrons. The molecule has 5 heteroatoms. The lowest BCUT2D eigenvalue weighted by molar-refractivity contribution is 0.192. The van der Waals surface area contributed by atoms with E-state index in [2.05, 4.69) is 22.8 Å². The lowest BCUT2D eigenvalue weighted by Crippen LogP contribution is -2.38. The van der Waals surface area contributed by atoms with Crippen molar-refractivity contribution in [2.75, 3.05) is 26.3 Å². The maximum Gasteiger partial charge on any atom is 0.0606 e. The molecule has 0 amide bonds. The quantitative estimate of drug-likeness (QED) is 0.721. The largest absolute Gasteiger partial charge is 0.395 e. The van der Waals surface area contributed by atoms with Crippen LogP contribution >= 0.6 is 0 Å². The predicted octanol–water partition coefficient (Wildman–Crippen LogP) is 0.700. The number of aromatic nitrogens is 1. The molecule has 2 rings (SSSR count). The summed E-state index contributed by atoms with van der Waals surface area (Å²) in [5.41, 5.74) is 9.07. The van der Waals surface area contributed by atoms with Crippen LogP contribution < -0.4 is 5.73 Å². The summed E-state index contributed by atoms with van der Waals surface area (Å²) in [5, 5.41) is 18.5. The van der Waals surface area contributed by atoms with E-state index in [1.807, 2.05) is 31.1 Å². The molecule has 1 aromatic rings. The Kier molecular flexibility index (Phi) is 4.88. The van der Waals surface area contributed by atoms with Crippen molar-refractivity contribution in [1.82, 2.24) is 9.47 Å². The van der Waals surface area contributed by atoms with E-state index < -0.39 is 0 Å². The van der Waals surface area contributed by atoms with Crippen molar-refractivity contribution < 1.29 is 10.2 Å². The van der Waals surface area contributed by atoms with Gasteiger partial charge in [-0.2, -0.15) is 0 Å². The Labute approximate surface area is 126 Å². The second kappa shape index (κ2) is 6.47. The third-order valence-electron chi connectivity index (χ3n) is 3.79. The van der Waals surface area contributed by atoms with Crippen LogP contribution in [0, 0.1) is 0 Å². The van der Waals surface area contributed by atoms with E-state index >= 15 is 0 Å². The first-order chi connectivity index (χ1) is 9.98. The summed E-state index contributed by atoms with van der Waals surface area (Å²) in [5.74, 6) is 0. The second-order valence-electron chi connectivity index (χ2n) is 5.80. The van der Waals surface area contributed by atoms with Crippen LogP contribution in [0.5, 0.6) is 0 Å². The van der Waals surface area contributed by atoms with Gasteiger partial charge in [-0.15, -0.1) is 0 Å². The van der Waals surface area contributed by atoms with E-state index in [4.69, 9.17) is 5.73 Å². The van der Waals surface area contributed by atoms with Gasteiger partial charge in [0.05, 0.1) is 13.2 Å². The fraction of sp³-hybridized carbons (Fsp3) is 0.500. The third-order valence-corrected chi connectivity index (χ3v) is 3.79. The van der Waals surface area contributed by atoms with Gasteiger partial charge in [-0.1, -0.05) is 12.2 Å². The minimum Gasteiger partial charge on any atom is -0.395 e. The number of aliphatic hydroxyl groups is 2. The third kappa shape index (κ3) is 3.56. The number of nitrogens with zero attached hydrogens (tertiary/aromatic N) is 2. The monoisotopic (exact) mass is 291 g/mol. The smallest absolute Gasteiger partial charge is 0.0606 e. The lowest BCUT2D eigenvalue weighted by atomic mass is 9.87. The molecule has 1 aliphatic carbocycles. The standard InChI is InChI=1S/C16H25N3O2/c1-16(17)6-5-15(19(8-10-20)9-11-21)13(12-16)14-4-3-7-18(14)2/h3-5,7,12,20-21H,6,8-11,17H2,1-2H3. The highest BCUT2D eigenvalue weighted by Crippen LogP contribution is 2.33. The molecule has 1 heterocycles. The fourth-order valence-corrected chi connectivity index (χ4v) is 2.73. The molecule has 0 aliphatic heterocycles.